The van der Waals surface area contributed by atoms with Crippen LogP contribution in [0.2, 0.25) is 5.02 Å². The fourth-order valence-corrected chi connectivity index (χ4v) is 1.55. The van der Waals surface area contributed by atoms with Crippen molar-refractivity contribution >= 4 is 11.6 Å². The molecule has 1 aromatic rings. The molecule has 0 amide bonds. The van der Waals surface area contributed by atoms with Crippen LogP contribution in [0, 0.1) is 0 Å². The lowest BCUT2D eigenvalue weighted by Crippen LogP contribution is -2.03. The van der Waals surface area contributed by atoms with Crippen molar-refractivity contribution in [2.45, 2.75) is 25.9 Å². The van der Waals surface area contributed by atoms with E-state index in [9.17, 15) is 5.11 Å². The maximum absolute atomic E-state index is 9.55. The van der Waals surface area contributed by atoms with Gasteiger partial charge < -0.3 is 14.9 Å². The first-order chi connectivity index (χ1) is 7.65. The molecule has 1 unspecified atom stereocenters. The van der Waals surface area contributed by atoms with Crippen LogP contribution in [-0.4, -0.2) is 23.4 Å². The van der Waals surface area contributed by atoms with Gasteiger partial charge in [-0.1, -0.05) is 11.6 Å². The maximum atomic E-state index is 9.55. The first kappa shape index (κ1) is 13.3. The van der Waals surface area contributed by atoms with Crippen LogP contribution in [-0.2, 0) is 0 Å². The Hall–Kier alpha value is -0.770. The number of benzene rings is 1. The van der Waals surface area contributed by atoms with Crippen LogP contribution in [0.1, 0.15) is 31.4 Å². The Labute approximate surface area is 101 Å². The highest BCUT2D eigenvalue weighted by Gasteiger charge is 2.09. The SMILES string of the molecule is CC(O)c1cc(Cl)ccc1OCCCCO. The number of unbranched alkanes of at least 4 members (excludes halogenated alkanes) is 1. The van der Waals surface area contributed by atoms with Crippen LogP contribution in [0.25, 0.3) is 0 Å². The third-order valence-electron chi connectivity index (χ3n) is 2.23. The lowest BCUT2D eigenvalue weighted by atomic mass is 10.1. The Kier molecular flexibility index (Phi) is 5.60. The molecular weight excluding hydrogens is 228 g/mol. The zero-order valence-corrected chi connectivity index (χ0v) is 10.1. The van der Waals surface area contributed by atoms with Crippen LogP contribution < -0.4 is 4.74 Å². The van der Waals surface area contributed by atoms with Gasteiger partial charge in [-0.05, 0) is 38.0 Å². The number of hydrogen-bond donors (Lipinski definition) is 2. The number of aliphatic hydroxyl groups excluding tert-OH is 2. The van der Waals surface area contributed by atoms with Gasteiger partial charge in [0.15, 0.2) is 0 Å². The molecule has 0 aromatic heterocycles. The van der Waals surface area contributed by atoms with Gasteiger partial charge in [-0.2, -0.15) is 0 Å². The van der Waals surface area contributed by atoms with E-state index in [4.69, 9.17) is 21.4 Å². The van der Waals surface area contributed by atoms with Crippen LogP contribution in [0.5, 0.6) is 5.75 Å². The Bertz CT molecular complexity index is 326. The summed E-state index contributed by atoms with van der Waals surface area (Å²) in [7, 11) is 0. The third kappa shape index (κ3) is 4.00. The van der Waals surface area contributed by atoms with Crippen molar-refractivity contribution in [3.63, 3.8) is 0 Å². The first-order valence-electron chi connectivity index (χ1n) is 5.36. The summed E-state index contributed by atoms with van der Waals surface area (Å²) in [6, 6.07) is 5.19. The third-order valence-corrected chi connectivity index (χ3v) is 2.47. The summed E-state index contributed by atoms with van der Waals surface area (Å²) in [4.78, 5) is 0. The van der Waals surface area contributed by atoms with Gasteiger partial charge in [-0.25, -0.2) is 0 Å². The van der Waals surface area contributed by atoms with Crippen molar-refractivity contribution in [1.29, 1.82) is 0 Å². The number of hydrogen-bond acceptors (Lipinski definition) is 3. The average Bonchev–Trinajstić information content (AvgIpc) is 2.26. The lowest BCUT2D eigenvalue weighted by molar-refractivity contribution is 0.189. The van der Waals surface area contributed by atoms with E-state index in [1.165, 1.54) is 0 Å². The predicted octanol–water partition coefficient (Wildman–Crippen LogP) is 2.54. The lowest BCUT2D eigenvalue weighted by Gasteiger charge is -2.13. The van der Waals surface area contributed by atoms with Gasteiger partial charge in [0.2, 0.25) is 0 Å². The molecule has 4 heteroatoms. The molecule has 2 N–H and O–H groups in total. The normalized spacial score (nSPS) is 12.5. The van der Waals surface area contributed by atoms with Gasteiger partial charge in [0.1, 0.15) is 5.75 Å². The van der Waals surface area contributed by atoms with Crippen molar-refractivity contribution in [1.82, 2.24) is 0 Å². The van der Waals surface area contributed by atoms with E-state index in [1.807, 2.05) is 0 Å². The smallest absolute Gasteiger partial charge is 0.125 e. The van der Waals surface area contributed by atoms with Crippen molar-refractivity contribution in [3.05, 3.63) is 28.8 Å². The molecule has 0 aliphatic heterocycles. The summed E-state index contributed by atoms with van der Waals surface area (Å²) in [5.74, 6) is 0.650. The summed E-state index contributed by atoms with van der Waals surface area (Å²) in [6.07, 6.45) is 0.905. The molecule has 3 nitrogen and oxygen atoms in total. The monoisotopic (exact) mass is 244 g/mol. The predicted molar refractivity (Wildman–Crippen MR) is 63.9 cm³/mol. The minimum absolute atomic E-state index is 0.174. The highest BCUT2D eigenvalue weighted by atomic mass is 35.5. The van der Waals surface area contributed by atoms with E-state index in [0.29, 0.717) is 22.9 Å². The first-order valence-corrected chi connectivity index (χ1v) is 5.74. The minimum Gasteiger partial charge on any atom is -0.493 e. The molecule has 16 heavy (non-hydrogen) atoms. The summed E-state index contributed by atoms with van der Waals surface area (Å²) < 4.78 is 5.53. The number of halogens is 1. The summed E-state index contributed by atoms with van der Waals surface area (Å²) in [5, 5.41) is 18.8. The van der Waals surface area contributed by atoms with Gasteiger partial charge in [0.05, 0.1) is 12.7 Å². The highest BCUT2D eigenvalue weighted by molar-refractivity contribution is 6.30. The summed E-state index contributed by atoms with van der Waals surface area (Å²) >= 11 is 5.84. The zero-order chi connectivity index (χ0) is 12.0. The van der Waals surface area contributed by atoms with Gasteiger partial charge in [-0.15, -0.1) is 0 Å². The van der Waals surface area contributed by atoms with Gasteiger partial charge in [-0.3, -0.25) is 0 Å². The zero-order valence-electron chi connectivity index (χ0n) is 9.32. The molecule has 0 saturated heterocycles. The maximum Gasteiger partial charge on any atom is 0.125 e. The number of ether oxygens (including phenoxy) is 1. The second-order valence-electron chi connectivity index (χ2n) is 3.64. The van der Waals surface area contributed by atoms with Crippen molar-refractivity contribution in [2.75, 3.05) is 13.2 Å². The molecule has 90 valence electrons. The van der Waals surface area contributed by atoms with Crippen molar-refractivity contribution in [2.24, 2.45) is 0 Å². The molecule has 1 aromatic carbocycles. The quantitative estimate of drug-likeness (QED) is 0.756. The van der Waals surface area contributed by atoms with Crippen LogP contribution in [0.4, 0.5) is 0 Å². The molecule has 0 radical (unpaired) electrons. The van der Waals surface area contributed by atoms with E-state index < -0.39 is 6.10 Å². The average molecular weight is 245 g/mol. The topological polar surface area (TPSA) is 49.7 Å². The summed E-state index contributed by atoms with van der Waals surface area (Å²) in [6.45, 7) is 2.38. The molecule has 0 spiro atoms. The van der Waals surface area contributed by atoms with Gasteiger partial charge in [0, 0.05) is 17.2 Å². The van der Waals surface area contributed by atoms with Gasteiger partial charge >= 0.3 is 0 Å². The van der Waals surface area contributed by atoms with Crippen molar-refractivity contribution in [3.8, 4) is 5.75 Å². The second-order valence-corrected chi connectivity index (χ2v) is 4.07. The minimum atomic E-state index is -0.605. The van der Waals surface area contributed by atoms with Crippen LogP contribution in [0.15, 0.2) is 18.2 Å². The van der Waals surface area contributed by atoms with E-state index in [-0.39, 0.29) is 6.61 Å². The molecule has 0 bridgehead atoms. The molecule has 0 aliphatic carbocycles. The molecule has 0 saturated carbocycles. The van der Waals surface area contributed by atoms with E-state index in [2.05, 4.69) is 0 Å². The van der Waals surface area contributed by atoms with E-state index in [1.54, 1.807) is 25.1 Å². The second kappa shape index (κ2) is 6.74. The number of rotatable bonds is 6. The van der Waals surface area contributed by atoms with E-state index >= 15 is 0 Å². The molecule has 0 aliphatic rings. The summed E-state index contributed by atoms with van der Waals surface area (Å²) in [5.41, 5.74) is 0.691. The fraction of sp³-hybridized carbons (Fsp3) is 0.500. The molecule has 0 heterocycles. The molecule has 0 fully saturated rings. The standard InChI is InChI=1S/C12H17ClO3/c1-9(15)11-8-10(13)4-5-12(11)16-7-3-2-6-14/h4-5,8-9,14-15H,2-3,6-7H2,1H3. The van der Waals surface area contributed by atoms with Crippen LogP contribution in [0.3, 0.4) is 0 Å². The van der Waals surface area contributed by atoms with Gasteiger partial charge in [0.25, 0.3) is 0 Å². The Morgan fingerprint density at radius 1 is 1.38 bits per heavy atom. The van der Waals surface area contributed by atoms with Crippen LogP contribution >= 0.6 is 11.6 Å². The number of aliphatic hydroxyl groups is 2. The molecule has 1 atom stereocenters. The highest BCUT2D eigenvalue weighted by Crippen LogP contribution is 2.28. The molecule has 1 rings (SSSR count). The Morgan fingerprint density at radius 2 is 2.12 bits per heavy atom. The van der Waals surface area contributed by atoms with Crippen molar-refractivity contribution < 1.29 is 14.9 Å². The Balaban J connectivity index is 2.64. The largest absolute Gasteiger partial charge is 0.493 e. The fourth-order valence-electron chi connectivity index (χ4n) is 1.37. The molecular formula is C12H17ClO3. The Morgan fingerprint density at radius 3 is 2.75 bits per heavy atom. The van der Waals surface area contributed by atoms with E-state index in [0.717, 1.165) is 12.8 Å².